The summed E-state index contributed by atoms with van der Waals surface area (Å²) >= 11 is 0. The summed E-state index contributed by atoms with van der Waals surface area (Å²) in [6, 6.07) is 17.3. The summed E-state index contributed by atoms with van der Waals surface area (Å²) < 4.78 is 0. The molecule has 3 N–H and O–H groups in total. The van der Waals surface area contributed by atoms with Gasteiger partial charge in [0.25, 0.3) is 0 Å². The van der Waals surface area contributed by atoms with Gasteiger partial charge in [-0.1, -0.05) is 56.3 Å². The third kappa shape index (κ3) is 4.43. The van der Waals surface area contributed by atoms with Crippen LogP contribution in [-0.2, 0) is 4.79 Å². The topological polar surface area (TPSA) is 55.1 Å². The molecule has 2 rings (SSSR count). The molecule has 0 aliphatic heterocycles. The van der Waals surface area contributed by atoms with Gasteiger partial charge in [-0.15, -0.1) is 0 Å². The quantitative estimate of drug-likeness (QED) is 0.875. The number of carbonyl (C=O) groups is 1. The minimum atomic E-state index is -0.277. The number of nitrogens with two attached hydrogens (primary N) is 1. The minimum absolute atomic E-state index is 0.0661. The highest BCUT2D eigenvalue weighted by Crippen LogP contribution is 2.18. The molecule has 0 bridgehead atoms. The van der Waals surface area contributed by atoms with E-state index in [1.165, 1.54) is 5.56 Å². The van der Waals surface area contributed by atoms with Crippen LogP contribution in [0.15, 0.2) is 54.6 Å². The highest BCUT2D eigenvalue weighted by atomic mass is 16.1. The monoisotopic (exact) mass is 282 g/mol. The second-order valence-electron chi connectivity index (χ2n) is 5.55. The van der Waals surface area contributed by atoms with Crippen molar-refractivity contribution in [2.45, 2.75) is 32.2 Å². The van der Waals surface area contributed by atoms with Gasteiger partial charge in [0.15, 0.2) is 0 Å². The number of amides is 1. The first kappa shape index (κ1) is 15.3. The Hall–Kier alpha value is -2.13. The SMILES string of the molecule is CC(C)c1ccc(NC(=O)CC(N)c2ccccc2)cc1. The molecule has 0 saturated heterocycles. The van der Waals surface area contributed by atoms with Crippen LogP contribution in [0.25, 0.3) is 0 Å². The molecule has 0 spiro atoms. The Morgan fingerprint density at radius 1 is 1.00 bits per heavy atom. The number of rotatable bonds is 5. The molecule has 0 heterocycles. The van der Waals surface area contributed by atoms with Gasteiger partial charge in [0.2, 0.25) is 5.91 Å². The van der Waals surface area contributed by atoms with Crippen molar-refractivity contribution in [1.29, 1.82) is 0 Å². The molecule has 1 amide bonds. The molecule has 1 atom stereocenters. The van der Waals surface area contributed by atoms with E-state index in [2.05, 4.69) is 19.2 Å². The smallest absolute Gasteiger partial charge is 0.226 e. The highest BCUT2D eigenvalue weighted by Gasteiger charge is 2.11. The van der Waals surface area contributed by atoms with Crippen molar-refractivity contribution in [2.75, 3.05) is 5.32 Å². The molecule has 2 aromatic carbocycles. The number of nitrogens with one attached hydrogen (secondary N) is 1. The van der Waals surface area contributed by atoms with Crippen molar-refractivity contribution in [3.05, 3.63) is 65.7 Å². The minimum Gasteiger partial charge on any atom is -0.326 e. The van der Waals surface area contributed by atoms with Crippen LogP contribution in [0.3, 0.4) is 0 Å². The molecular formula is C18H22N2O. The zero-order chi connectivity index (χ0) is 15.2. The number of anilines is 1. The van der Waals surface area contributed by atoms with Gasteiger partial charge in [-0.25, -0.2) is 0 Å². The first-order chi connectivity index (χ1) is 10.1. The lowest BCUT2D eigenvalue weighted by Crippen LogP contribution is -2.20. The van der Waals surface area contributed by atoms with Crippen molar-refractivity contribution in [3.63, 3.8) is 0 Å². The molecular weight excluding hydrogens is 260 g/mol. The lowest BCUT2D eigenvalue weighted by Gasteiger charge is -2.12. The Morgan fingerprint density at radius 2 is 1.62 bits per heavy atom. The molecule has 0 fully saturated rings. The Balaban J connectivity index is 1.92. The van der Waals surface area contributed by atoms with Gasteiger partial charge in [-0.2, -0.15) is 0 Å². The fourth-order valence-electron chi connectivity index (χ4n) is 2.18. The molecule has 110 valence electrons. The van der Waals surface area contributed by atoms with Gasteiger partial charge in [0.1, 0.15) is 0 Å². The second-order valence-corrected chi connectivity index (χ2v) is 5.55. The first-order valence-corrected chi connectivity index (χ1v) is 7.26. The second kappa shape index (κ2) is 7.04. The molecule has 0 saturated carbocycles. The van der Waals surface area contributed by atoms with Crippen LogP contribution in [0.1, 0.15) is 43.4 Å². The summed E-state index contributed by atoms with van der Waals surface area (Å²) in [6.45, 7) is 4.29. The van der Waals surface area contributed by atoms with E-state index in [1.807, 2.05) is 54.6 Å². The van der Waals surface area contributed by atoms with Crippen molar-refractivity contribution in [3.8, 4) is 0 Å². The number of hydrogen-bond donors (Lipinski definition) is 2. The van der Waals surface area contributed by atoms with E-state index in [0.29, 0.717) is 5.92 Å². The number of hydrogen-bond acceptors (Lipinski definition) is 2. The molecule has 21 heavy (non-hydrogen) atoms. The average molecular weight is 282 g/mol. The van der Waals surface area contributed by atoms with Crippen LogP contribution < -0.4 is 11.1 Å². The first-order valence-electron chi connectivity index (χ1n) is 7.26. The molecule has 0 aliphatic carbocycles. The average Bonchev–Trinajstić information content (AvgIpc) is 2.48. The van der Waals surface area contributed by atoms with E-state index < -0.39 is 0 Å². The van der Waals surface area contributed by atoms with Gasteiger partial charge in [-0.3, -0.25) is 4.79 Å². The Kier molecular flexibility index (Phi) is 5.12. The van der Waals surface area contributed by atoms with E-state index >= 15 is 0 Å². The molecule has 0 aliphatic rings. The van der Waals surface area contributed by atoms with E-state index in [4.69, 9.17) is 5.73 Å². The predicted octanol–water partition coefficient (Wildman–Crippen LogP) is 3.84. The Bertz CT molecular complexity index is 576. The summed E-state index contributed by atoms with van der Waals surface area (Å²) in [6.07, 6.45) is 0.274. The van der Waals surface area contributed by atoms with Crippen LogP contribution in [0.2, 0.25) is 0 Å². The van der Waals surface area contributed by atoms with Crippen LogP contribution in [0.5, 0.6) is 0 Å². The van der Waals surface area contributed by atoms with E-state index in [1.54, 1.807) is 0 Å². The van der Waals surface area contributed by atoms with Gasteiger partial charge < -0.3 is 11.1 Å². The summed E-state index contributed by atoms with van der Waals surface area (Å²) in [5.41, 5.74) is 9.10. The molecule has 1 unspecified atom stereocenters. The van der Waals surface area contributed by atoms with Gasteiger partial charge in [0, 0.05) is 18.2 Å². The van der Waals surface area contributed by atoms with Gasteiger partial charge >= 0.3 is 0 Å². The molecule has 2 aromatic rings. The lowest BCUT2D eigenvalue weighted by atomic mass is 10.0. The highest BCUT2D eigenvalue weighted by molar-refractivity contribution is 5.91. The Morgan fingerprint density at radius 3 is 2.19 bits per heavy atom. The van der Waals surface area contributed by atoms with Crippen molar-refractivity contribution in [2.24, 2.45) is 5.73 Å². The van der Waals surface area contributed by atoms with E-state index in [9.17, 15) is 4.79 Å². The van der Waals surface area contributed by atoms with Crippen LogP contribution in [0.4, 0.5) is 5.69 Å². The maximum atomic E-state index is 12.0. The van der Waals surface area contributed by atoms with Crippen molar-refractivity contribution < 1.29 is 4.79 Å². The fourth-order valence-corrected chi connectivity index (χ4v) is 2.18. The number of benzene rings is 2. The van der Waals surface area contributed by atoms with Crippen LogP contribution >= 0.6 is 0 Å². The normalized spacial score (nSPS) is 12.2. The molecule has 0 aromatic heterocycles. The van der Waals surface area contributed by atoms with E-state index in [-0.39, 0.29) is 18.4 Å². The zero-order valence-electron chi connectivity index (χ0n) is 12.5. The standard InChI is InChI=1S/C18H22N2O/c1-13(2)14-8-10-16(11-9-14)20-18(21)12-17(19)15-6-4-3-5-7-15/h3-11,13,17H,12,19H2,1-2H3,(H,20,21). The van der Waals surface area contributed by atoms with Gasteiger partial charge in [-0.05, 0) is 29.2 Å². The summed E-state index contributed by atoms with van der Waals surface area (Å²) in [5, 5.41) is 2.89. The van der Waals surface area contributed by atoms with Crippen LogP contribution in [-0.4, -0.2) is 5.91 Å². The third-order valence-electron chi connectivity index (χ3n) is 3.49. The fraction of sp³-hybridized carbons (Fsp3) is 0.278. The van der Waals surface area contributed by atoms with Crippen molar-refractivity contribution in [1.82, 2.24) is 0 Å². The number of carbonyl (C=O) groups excluding carboxylic acids is 1. The molecule has 3 heteroatoms. The zero-order valence-corrected chi connectivity index (χ0v) is 12.5. The third-order valence-corrected chi connectivity index (χ3v) is 3.49. The Labute approximate surface area is 126 Å². The van der Waals surface area contributed by atoms with Crippen molar-refractivity contribution >= 4 is 11.6 Å². The molecule has 3 nitrogen and oxygen atoms in total. The van der Waals surface area contributed by atoms with E-state index in [0.717, 1.165) is 11.3 Å². The maximum Gasteiger partial charge on any atom is 0.226 e. The van der Waals surface area contributed by atoms with Gasteiger partial charge in [0.05, 0.1) is 0 Å². The summed E-state index contributed by atoms with van der Waals surface area (Å²) in [5.74, 6) is 0.421. The summed E-state index contributed by atoms with van der Waals surface area (Å²) in [4.78, 5) is 12.0. The maximum absolute atomic E-state index is 12.0. The van der Waals surface area contributed by atoms with Crippen LogP contribution in [0, 0.1) is 0 Å². The molecule has 0 radical (unpaired) electrons. The largest absolute Gasteiger partial charge is 0.326 e. The predicted molar refractivity (Wildman–Crippen MR) is 87.1 cm³/mol. The summed E-state index contributed by atoms with van der Waals surface area (Å²) in [7, 11) is 0. The lowest BCUT2D eigenvalue weighted by molar-refractivity contribution is -0.116.